The smallest absolute Gasteiger partial charge is 0.414 e. The topological polar surface area (TPSA) is 185 Å². The average molecular weight is 535 g/mol. The molecule has 1 aromatic heterocycles. The van der Waals surface area contributed by atoms with Gasteiger partial charge in [-0.3, -0.25) is 14.9 Å². The number of carbonyl (C=O) groups is 2. The van der Waals surface area contributed by atoms with Crippen LogP contribution in [0, 0.1) is 0 Å². The third kappa shape index (κ3) is 5.21. The van der Waals surface area contributed by atoms with Gasteiger partial charge in [0.1, 0.15) is 41.4 Å². The minimum atomic E-state index is -0.889. The zero-order valence-corrected chi connectivity index (χ0v) is 20.0. The summed E-state index contributed by atoms with van der Waals surface area (Å²) in [4.78, 5) is 36.1. The molecule has 2 amide bonds. The van der Waals surface area contributed by atoms with Gasteiger partial charge in [0.05, 0.1) is 0 Å². The summed E-state index contributed by atoms with van der Waals surface area (Å²) in [6, 6.07) is 12.6. The molecule has 0 spiro atoms. The fraction of sp³-hybridized carbons (Fsp3) is 0.148. The first-order valence-corrected chi connectivity index (χ1v) is 11.6. The Kier molecular flexibility index (Phi) is 6.59. The van der Waals surface area contributed by atoms with Crippen LogP contribution in [-0.2, 0) is 16.0 Å². The molecule has 4 aromatic rings. The molecule has 12 heteroatoms. The largest absolute Gasteiger partial charge is 0.508 e. The van der Waals surface area contributed by atoms with Crippen LogP contribution in [0.1, 0.15) is 5.56 Å². The highest BCUT2D eigenvalue weighted by molar-refractivity contribution is 6.00. The maximum atomic E-state index is 13.3. The quantitative estimate of drug-likeness (QED) is 0.165. The Morgan fingerprint density at radius 3 is 2.26 bits per heavy atom. The zero-order valence-electron chi connectivity index (χ0n) is 20.0. The number of fused-ring (bicyclic) bond motifs is 1. The number of phenols is 4. The molecule has 0 aliphatic carbocycles. The molecular formula is C27H21NO11. The zero-order chi connectivity index (χ0) is 27.7. The highest BCUT2D eigenvalue weighted by Gasteiger charge is 2.32. The molecule has 0 bridgehead atoms. The summed E-state index contributed by atoms with van der Waals surface area (Å²) in [5, 5.41) is 41.5. The summed E-state index contributed by atoms with van der Waals surface area (Å²) in [5.41, 5.74) is 0.0982. The molecule has 1 aliphatic rings. The number of phenolic OH excluding ortho intramolecular Hbond substituents is 4. The molecular weight excluding hydrogens is 514 g/mol. The van der Waals surface area contributed by atoms with Crippen LogP contribution in [0.15, 0.2) is 63.8 Å². The van der Waals surface area contributed by atoms with Crippen LogP contribution in [0.2, 0.25) is 0 Å². The van der Waals surface area contributed by atoms with Crippen molar-refractivity contribution in [3.05, 3.63) is 70.4 Å². The van der Waals surface area contributed by atoms with E-state index in [0.717, 1.165) is 17.7 Å². The summed E-state index contributed by atoms with van der Waals surface area (Å²) in [6.07, 6.45) is -1.46. The minimum absolute atomic E-state index is 0.00129. The van der Waals surface area contributed by atoms with Crippen molar-refractivity contribution in [3.63, 3.8) is 0 Å². The van der Waals surface area contributed by atoms with E-state index in [4.69, 9.17) is 18.6 Å². The van der Waals surface area contributed by atoms with E-state index in [1.165, 1.54) is 18.2 Å². The Labute approximate surface area is 219 Å². The maximum Gasteiger partial charge on any atom is 0.414 e. The van der Waals surface area contributed by atoms with Gasteiger partial charge in [0, 0.05) is 24.1 Å². The van der Waals surface area contributed by atoms with Gasteiger partial charge in [-0.1, -0.05) is 12.1 Å². The highest BCUT2D eigenvalue weighted by atomic mass is 16.6. The number of hydrogen-bond donors (Lipinski definition) is 5. The molecule has 1 saturated heterocycles. The van der Waals surface area contributed by atoms with Crippen molar-refractivity contribution in [1.29, 1.82) is 0 Å². The second kappa shape index (κ2) is 10.2. The average Bonchev–Trinajstić information content (AvgIpc) is 3.21. The van der Waals surface area contributed by atoms with Crippen molar-refractivity contribution < 1.29 is 48.6 Å². The monoisotopic (exact) mass is 535 g/mol. The first kappa shape index (κ1) is 25.3. The molecule has 200 valence electrons. The van der Waals surface area contributed by atoms with Crippen LogP contribution in [0.25, 0.3) is 22.3 Å². The number of alkyl carbamates (subject to hydrolysis) is 1. The van der Waals surface area contributed by atoms with Gasteiger partial charge in [-0.15, -0.1) is 0 Å². The molecule has 2 heterocycles. The number of cyclic esters (lactones) is 1. The van der Waals surface area contributed by atoms with Crippen LogP contribution in [-0.4, -0.2) is 51.7 Å². The number of rotatable bonds is 8. The van der Waals surface area contributed by atoms with E-state index in [2.05, 4.69) is 5.32 Å². The number of nitrogens with one attached hydrogen (secondary N) is 1. The summed E-state index contributed by atoms with van der Waals surface area (Å²) >= 11 is 0. The maximum absolute atomic E-state index is 13.3. The molecule has 5 N–H and O–H groups in total. The second-order valence-electron chi connectivity index (χ2n) is 8.56. The molecule has 12 nitrogen and oxygen atoms in total. The van der Waals surface area contributed by atoms with Crippen LogP contribution >= 0.6 is 0 Å². The second-order valence-corrected chi connectivity index (χ2v) is 8.56. The molecule has 3 aromatic carbocycles. The van der Waals surface area contributed by atoms with Gasteiger partial charge in [-0.05, 0) is 35.9 Å². The number of ether oxygens (including phenoxy) is 3. The third-order valence-corrected chi connectivity index (χ3v) is 5.87. The fourth-order valence-electron chi connectivity index (χ4n) is 4.02. The summed E-state index contributed by atoms with van der Waals surface area (Å²) in [5.74, 6) is -2.09. The van der Waals surface area contributed by atoms with Crippen molar-refractivity contribution in [2.24, 2.45) is 0 Å². The Morgan fingerprint density at radius 1 is 0.821 bits per heavy atom. The van der Waals surface area contributed by atoms with E-state index in [9.17, 15) is 34.8 Å². The molecule has 0 saturated carbocycles. The van der Waals surface area contributed by atoms with Crippen molar-refractivity contribution in [2.75, 3.05) is 13.2 Å². The van der Waals surface area contributed by atoms with E-state index in [0.29, 0.717) is 5.75 Å². The van der Waals surface area contributed by atoms with E-state index in [-0.39, 0.29) is 59.2 Å². The van der Waals surface area contributed by atoms with Crippen molar-refractivity contribution >= 4 is 23.0 Å². The molecule has 1 fully saturated rings. The van der Waals surface area contributed by atoms with E-state index in [1.54, 1.807) is 24.3 Å². The number of hydrogen-bond acceptors (Lipinski definition) is 11. The third-order valence-electron chi connectivity index (χ3n) is 5.87. The van der Waals surface area contributed by atoms with Crippen molar-refractivity contribution in [1.82, 2.24) is 5.32 Å². The first-order chi connectivity index (χ1) is 18.7. The molecule has 1 atom stereocenters. The van der Waals surface area contributed by atoms with Crippen LogP contribution in [0.4, 0.5) is 4.79 Å². The Hall–Kier alpha value is -5.39. The Morgan fingerprint density at radius 2 is 1.56 bits per heavy atom. The number of imide groups is 1. The van der Waals surface area contributed by atoms with Gasteiger partial charge < -0.3 is 39.1 Å². The van der Waals surface area contributed by atoms with Gasteiger partial charge in [0.2, 0.25) is 11.2 Å². The SMILES string of the molecule is O=C1NC(=O)C(Cc2ccc(OCCOc3c(-c4ccc(O)c(O)c4)oc4cc(O)cc(O)c4c3=O)cc2)O1. The van der Waals surface area contributed by atoms with E-state index in [1.807, 2.05) is 0 Å². The standard InChI is InChI=1S/C27H21NO11/c29-15-11-19(32)22-20(12-15)38-24(14-3-6-17(30)18(31)10-14)25(23(22)33)37-8-7-36-16-4-1-13(2-5-16)9-21-26(34)28-27(35)39-21/h1-6,10-12,21,29-32H,7-9H2,(H,28,34,35). The molecule has 0 radical (unpaired) electrons. The van der Waals surface area contributed by atoms with E-state index < -0.39 is 35.0 Å². The molecule has 39 heavy (non-hydrogen) atoms. The number of carbonyl (C=O) groups excluding carboxylic acids is 2. The Bertz CT molecular complexity index is 1640. The van der Waals surface area contributed by atoms with Gasteiger partial charge in [0.25, 0.3) is 5.91 Å². The number of amides is 2. The predicted molar refractivity (Wildman–Crippen MR) is 134 cm³/mol. The lowest BCUT2D eigenvalue weighted by molar-refractivity contribution is -0.123. The number of aromatic hydroxyl groups is 4. The highest BCUT2D eigenvalue weighted by Crippen LogP contribution is 2.38. The predicted octanol–water partition coefficient (Wildman–Crippen LogP) is 2.92. The first-order valence-electron chi connectivity index (χ1n) is 11.6. The minimum Gasteiger partial charge on any atom is -0.508 e. The van der Waals surface area contributed by atoms with Gasteiger partial charge in [-0.25, -0.2) is 4.79 Å². The lowest BCUT2D eigenvalue weighted by Gasteiger charge is -2.13. The molecule has 5 rings (SSSR count). The summed E-state index contributed by atoms with van der Waals surface area (Å²) < 4.78 is 22.0. The van der Waals surface area contributed by atoms with Gasteiger partial charge in [0.15, 0.2) is 23.4 Å². The van der Waals surface area contributed by atoms with E-state index >= 15 is 0 Å². The molecule has 1 unspecified atom stereocenters. The number of benzene rings is 3. The van der Waals surface area contributed by atoms with Gasteiger partial charge >= 0.3 is 6.09 Å². The fourth-order valence-corrected chi connectivity index (χ4v) is 4.02. The summed E-state index contributed by atoms with van der Waals surface area (Å²) in [6.45, 7) is -0.118. The van der Waals surface area contributed by atoms with Crippen LogP contribution < -0.4 is 20.2 Å². The summed E-state index contributed by atoms with van der Waals surface area (Å²) in [7, 11) is 0. The Balaban J connectivity index is 1.32. The van der Waals surface area contributed by atoms with Crippen LogP contribution in [0.3, 0.4) is 0 Å². The molecule has 1 aliphatic heterocycles. The normalized spacial score (nSPS) is 14.7. The lowest BCUT2D eigenvalue weighted by Crippen LogP contribution is -2.25. The lowest BCUT2D eigenvalue weighted by atomic mass is 10.1. The van der Waals surface area contributed by atoms with Crippen molar-refractivity contribution in [3.8, 4) is 45.8 Å². The van der Waals surface area contributed by atoms with Crippen LogP contribution in [0.5, 0.6) is 34.5 Å². The van der Waals surface area contributed by atoms with Gasteiger partial charge in [-0.2, -0.15) is 0 Å². The van der Waals surface area contributed by atoms with Crippen molar-refractivity contribution in [2.45, 2.75) is 12.5 Å².